The Kier molecular flexibility index (Phi) is 8.40. The lowest BCUT2D eigenvalue weighted by Crippen LogP contribution is -2.05. The first-order chi connectivity index (χ1) is 6.13. The molecule has 0 fully saturated rings. The summed E-state index contributed by atoms with van der Waals surface area (Å²) in [6.07, 6.45) is 2.98. The molecule has 0 aliphatic heterocycles. The predicted octanol–water partition coefficient (Wildman–Crippen LogP) is 1.32. The molecule has 2 atom stereocenters. The van der Waals surface area contributed by atoms with Gasteiger partial charge in [0.15, 0.2) is 0 Å². The Morgan fingerprint density at radius 1 is 0.923 bits per heavy atom. The van der Waals surface area contributed by atoms with Crippen LogP contribution in [-0.2, 0) is 4.74 Å². The third-order valence-electron chi connectivity index (χ3n) is 1.82. The zero-order chi connectivity index (χ0) is 10.1. The van der Waals surface area contributed by atoms with Crippen LogP contribution in [0, 0.1) is 0 Å². The van der Waals surface area contributed by atoms with E-state index in [0.717, 1.165) is 25.7 Å². The SMILES string of the molecule is CC(O)CCCOCCCC(C)O. The van der Waals surface area contributed by atoms with Crippen molar-refractivity contribution in [3.8, 4) is 0 Å². The number of aliphatic hydroxyl groups is 2. The fourth-order valence-corrected chi connectivity index (χ4v) is 1.06. The molecule has 13 heavy (non-hydrogen) atoms. The minimum absolute atomic E-state index is 0.221. The van der Waals surface area contributed by atoms with E-state index < -0.39 is 0 Å². The molecular formula is C10H22O3. The summed E-state index contributed by atoms with van der Waals surface area (Å²) in [7, 11) is 0. The van der Waals surface area contributed by atoms with Crippen molar-refractivity contribution < 1.29 is 14.9 Å². The van der Waals surface area contributed by atoms with E-state index in [2.05, 4.69) is 0 Å². The Morgan fingerprint density at radius 2 is 1.31 bits per heavy atom. The van der Waals surface area contributed by atoms with Gasteiger partial charge in [0.2, 0.25) is 0 Å². The van der Waals surface area contributed by atoms with Gasteiger partial charge >= 0.3 is 0 Å². The molecule has 2 N–H and O–H groups in total. The molecule has 0 saturated heterocycles. The van der Waals surface area contributed by atoms with Gasteiger partial charge in [-0.15, -0.1) is 0 Å². The Labute approximate surface area is 80.7 Å². The molecule has 0 bridgehead atoms. The lowest BCUT2D eigenvalue weighted by atomic mass is 10.2. The van der Waals surface area contributed by atoms with E-state index in [-0.39, 0.29) is 12.2 Å². The van der Waals surface area contributed by atoms with Gasteiger partial charge in [-0.05, 0) is 39.5 Å². The molecule has 0 saturated carbocycles. The van der Waals surface area contributed by atoms with E-state index >= 15 is 0 Å². The van der Waals surface area contributed by atoms with Crippen molar-refractivity contribution >= 4 is 0 Å². The number of hydrogen-bond acceptors (Lipinski definition) is 3. The predicted molar refractivity (Wildman–Crippen MR) is 52.6 cm³/mol. The van der Waals surface area contributed by atoms with E-state index in [4.69, 9.17) is 14.9 Å². The zero-order valence-electron chi connectivity index (χ0n) is 8.70. The van der Waals surface area contributed by atoms with E-state index in [1.54, 1.807) is 13.8 Å². The van der Waals surface area contributed by atoms with Gasteiger partial charge in [0.05, 0.1) is 12.2 Å². The summed E-state index contributed by atoms with van der Waals surface area (Å²) in [5.74, 6) is 0. The second-order valence-corrected chi connectivity index (χ2v) is 3.59. The van der Waals surface area contributed by atoms with Gasteiger partial charge in [-0.1, -0.05) is 0 Å². The minimum atomic E-state index is -0.221. The monoisotopic (exact) mass is 190 g/mol. The zero-order valence-corrected chi connectivity index (χ0v) is 8.70. The van der Waals surface area contributed by atoms with Crippen LogP contribution in [0.2, 0.25) is 0 Å². The average Bonchev–Trinajstić information content (AvgIpc) is 2.01. The molecule has 3 heteroatoms. The Bertz CT molecular complexity index is 90.3. The van der Waals surface area contributed by atoms with E-state index in [0.29, 0.717) is 13.2 Å². The smallest absolute Gasteiger partial charge is 0.0513 e. The number of hydrogen-bond donors (Lipinski definition) is 2. The van der Waals surface area contributed by atoms with Gasteiger partial charge in [0, 0.05) is 13.2 Å². The normalized spacial score (nSPS) is 15.7. The fraction of sp³-hybridized carbons (Fsp3) is 1.00. The highest BCUT2D eigenvalue weighted by atomic mass is 16.5. The molecule has 0 aliphatic carbocycles. The molecule has 0 aromatic rings. The maximum Gasteiger partial charge on any atom is 0.0513 e. The third kappa shape index (κ3) is 11.9. The molecule has 0 radical (unpaired) electrons. The van der Waals surface area contributed by atoms with Crippen molar-refractivity contribution in [1.82, 2.24) is 0 Å². The molecule has 0 spiro atoms. The second-order valence-electron chi connectivity index (χ2n) is 3.59. The fourth-order valence-electron chi connectivity index (χ4n) is 1.06. The molecule has 0 rings (SSSR count). The highest BCUT2D eigenvalue weighted by Crippen LogP contribution is 1.99. The summed E-state index contributed by atoms with van der Waals surface area (Å²) in [6, 6.07) is 0. The molecule has 0 amide bonds. The van der Waals surface area contributed by atoms with E-state index in [1.165, 1.54) is 0 Å². The molecule has 3 nitrogen and oxygen atoms in total. The Hall–Kier alpha value is -0.120. The molecular weight excluding hydrogens is 168 g/mol. The summed E-state index contributed by atoms with van der Waals surface area (Å²) in [5, 5.41) is 17.9. The van der Waals surface area contributed by atoms with Gasteiger partial charge in [0.1, 0.15) is 0 Å². The summed E-state index contributed by atoms with van der Waals surface area (Å²) >= 11 is 0. The number of aliphatic hydroxyl groups excluding tert-OH is 2. The van der Waals surface area contributed by atoms with Crippen LogP contribution < -0.4 is 0 Å². The standard InChI is InChI=1S/C10H22O3/c1-9(11)5-3-7-13-8-4-6-10(2)12/h9-12H,3-8H2,1-2H3. The molecule has 0 heterocycles. The number of ether oxygens (including phenoxy) is 1. The highest BCUT2D eigenvalue weighted by Gasteiger charge is 1.97. The topological polar surface area (TPSA) is 49.7 Å². The van der Waals surface area contributed by atoms with Gasteiger partial charge in [-0.3, -0.25) is 0 Å². The first-order valence-electron chi connectivity index (χ1n) is 5.06. The highest BCUT2D eigenvalue weighted by molar-refractivity contribution is 4.48. The van der Waals surface area contributed by atoms with Gasteiger partial charge in [0.25, 0.3) is 0 Å². The molecule has 0 aliphatic rings. The van der Waals surface area contributed by atoms with Crippen LogP contribution in [0.25, 0.3) is 0 Å². The second kappa shape index (κ2) is 8.48. The van der Waals surface area contributed by atoms with Gasteiger partial charge in [-0.2, -0.15) is 0 Å². The van der Waals surface area contributed by atoms with Gasteiger partial charge in [-0.25, -0.2) is 0 Å². The molecule has 80 valence electrons. The maximum atomic E-state index is 8.94. The molecule has 0 aromatic carbocycles. The summed E-state index contributed by atoms with van der Waals surface area (Å²) < 4.78 is 5.31. The van der Waals surface area contributed by atoms with Crippen molar-refractivity contribution in [1.29, 1.82) is 0 Å². The molecule has 2 unspecified atom stereocenters. The van der Waals surface area contributed by atoms with E-state index in [1.807, 2.05) is 0 Å². The van der Waals surface area contributed by atoms with E-state index in [9.17, 15) is 0 Å². The van der Waals surface area contributed by atoms with Crippen LogP contribution in [0.1, 0.15) is 39.5 Å². The van der Waals surface area contributed by atoms with Crippen molar-refractivity contribution in [2.75, 3.05) is 13.2 Å². The van der Waals surface area contributed by atoms with Crippen LogP contribution in [-0.4, -0.2) is 35.6 Å². The van der Waals surface area contributed by atoms with Crippen LogP contribution in [0.15, 0.2) is 0 Å². The van der Waals surface area contributed by atoms with Crippen LogP contribution in [0.5, 0.6) is 0 Å². The lowest BCUT2D eigenvalue weighted by molar-refractivity contribution is 0.0979. The van der Waals surface area contributed by atoms with Crippen molar-refractivity contribution in [3.63, 3.8) is 0 Å². The summed E-state index contributed by atoms with van der Waals surface area (Å²) in [4.78, 5) is 0. The third-order valence-corrected chi connectivity index (χ3v) is 1.82. The largest absolute Gasteiger partial charge is 0.393 e. The van der Waals surface area contributed by atoms with Gasteiger partial charge < -0.3 is 14.9 Å². The van der Waals surface area contributed by atoms with Crippen molar-refractivity contribution in [2.24, 2.45) is 0 Å². The van der Waals surface area contributed by atoms with Crippen LogP contribution in [0.3, 0.4) is 0 Å². The first kappa shape index (κ1) is 12.9. The number of rotatable bonds is 8. The van der Waals surface area contributed by atoms with Crippen molar-refractivity contribution in [2.45, 2.75) is 51.7 Å². The Balaban J connectivity index is 2.92. The van der Waals surface area contributed by atoms with Crippen LogP contribution in [0.4, 0.5) is 0 Å². The first-order valence-corrected chi connectivity index (χ1v) is 5.06. The quantitative estimate of drug-likeness (QED) is 0.568. The Morgan fingerprint density at radius 3 is 1.62 bits per heavy atom. The lowest BCUT2D eigenvalue weighted by Gasteiger charge is -2.06. The maximum absolute atomic E-state index is 8.94. The molecule has 0 aromatic heterocycles. The summed E-state index contributed by atoms with van der Waals surface area (Å²) in [6.45, 7) is 5.00. The minimum Gasteiger partial charge on any atom is -0.393 e. The van der Waals surface area contributed by atoms with Crippen molar-refractivity contribution in [3.05, 3.63) is 0 Å². The van der Waals surface area contributed by atoms with Crippen LogP contribution >= 0.6 is 0 Å². The average molecular weight is 190 g/mol. The summed E-state index contributed by atoms with van der Waals surface area (Å²) in [5.41, 5.74) is 0.